The van der Waals surface area contributed by atoms with Crippen LogP contribution in [-0.4, -0.2) is 11.0 Å². The van der Waals surface area contributed by atoms with E-state index in [0.29, 0.717) is 17.6 Å². The summed E-state index contributed by atoms with van der Waals surface area (Å²) in [5.41, 5.74) is 1.15. The van der Waals surface area contributed by atoms with Crippen LogP contribution in [0, 0.1) is 0 Å². The van der Waals surface area contributed by atoms with Gasteiger partial charge >= 0.3 is 0 Å². The van der Waals surface area contributed by atoms with Crippen LogP contribution >= 0.6 is 24.0 Å². The predicted octanol–water partition coefficient (Wildman–Crippen LogP) is 4.68. The number of hydrogen-bond donors (Lipinski definition) is 0. The number of thiocarbonyl (C=S) groups is 1. The summed E-state index contributed by atoms with van der Waals surface area (Å²) in [6, 6.07) is 18.0. The molecule has 2 aromatic rings. The highest BCUT2D eigenvalue weighted by Gasteiger charge is 2.03. The highest BCUT2D eigenvalue weighted by Crippen LogP contribution is 2.25. The largest absolute Gasteiger partial charge is 0.489 e. The highest BCUT2D eigenvalue weighted by molar-refractivity contribution is 8.22. The first-order valence-corrected chi connectivity index (χ1v) is 7.62. The predicted molar refractivity (Wildman–Crippen MR) is 87.3 cm³/mol. The van der Waals surface area contributed by atoms with Gasteiger partial charge in [-0.1, -0.05) is 36.4 Å². The Labute approximate surface area is 129 Å². The quantitative estimate of drug-likeness (QED) is 0.589. The second-order valence-corrected chi connectivity index (χ2v) is 5.71. The van der Waals surface area contributed by atoms with Gasteiger partial charge < -0.3 is 9.47 Å². The van der Waals surface area contributed by atoms with E-state index in [9.17, 15) is 0 Å². The van der Waals surface area contributed by atoms with Crippen molar-refractivity contribution in [2.24, 2.45) is 0 Å². The molecule has 0 saturated carbocycles. The van der Waals surface area contributed by atoms with E-state index in [2.05, 4.69) is 0 Å². The maximum absolute atomic E-state index is 5.78. The molecule has 0 bridgehead atoms. The zero-order valence-corrected chi connectivity index (χ0v) is 12.9. The van der Waals surface area contributed by atoms with Crippen LogP contribution in [0.25, 0.3) is 0 Å². The van der Waals surface area contributed by atoms with Crippen molar-refractivity contribution in [3.63, 3.8) is 0 Å². The molecule has 4 heteroatoms. The molecule has 0 aliphatic heterocycles. The number of ether oxygens (including phenoxy) is 2. The summed E-state index contributed by atoms with van der Waals surface area (Å²) < 4.78 is 11.6. The van der Waals surface area contributed by atoms with Gasteiger partial charge in [-0.15, -0.1) is 0 Å². The average Bonchev–Trinajstić information content (AvgIpc) is 2.47. The Morgan fingerprint density at radius 3 is 2.65 bits per heavy atom. The van der Waals surface area contributed by atoms with Crippen LogP contribution in [0.4, 0.5) is 0 Å². The summed E-state index contributed by atoms with van der Waals surface area (Å²) in [5, 5.41) is 0. The highest BCUT2D eigenvalue weighted by atomic mass is 32.2. The minimum Gasteiger partial charge on any atom is -0.489 e. The van der Waals surface area contributed by atoms with Crippen LogP contribution in [0.5, 0.6) is 5.75 Å². The van der Waals surface area contributed by atoms with Gasteiger partial charge in [0.2, 0.25) is 4.38 Å². The summed E-state index contributed by atoms with van der Waals surface area (Å²) >= 11 is 6.55. The van der Waals surface area contributed by atoms with Crippen molar-refractivity contribution in [1.82, 2.24) is 0 Å². The van der Waals surface area contributed by atoms with Crippen molar-refractivity contribution in [3.05, 3.63) is 60.2 Å². The van der Waals surface area contributed by atoms with Crippen molar-refractivity contribution in [2.45, 2.75) is 18.4 Å². The Kier molecular flexibility index (Phi) is 5.89. The Bertz CT molecular complexity index is 555. The van der Waals surface area contributed by atoms with E-state index in [-0.39, 0.29) is 0 Å². The molecule has 0 saturated heterocycles. The fraction of sp³-hybridized carbons (Fsp3) is 0.188. The summed E-state index contributed by atoms with van der Waals surface area (Å²) in [7, 11) is 0. The lowest BCUT2D eigenvalue weighted by Gasteiger charge is -2.08. The number of rotatable bonds is 5. The van der Waals surface area contributed by atoms with Crippen LogP contribution in [0.3, 0.4) is 0 Å². The third-order valence-corrected chi connectivity index (χ3v) is 3.66. The third-order valence-electron chi connectivity index (χ3n) is 2.52. The van der Waals surface area contributed by atoms with E-state index in [1.807, 2.05) is 61.5 Å². The van der Waals surface area contributed by atoms with E-state index in [0.717, 1.165) is 16.2 Å². The van der Waals surface area contributed by atoms with Gasteiger partial charge in [-0.05, 0) is 54.7 Å². The first-order chi connectivity index (χ1) is 9.78. The van der Waals surface area contributed by atoms with E-state index in [4.69, 9.17) is 21.7 Å². The van der Waals surface area contributed by atoms with Gasteiger partial charge in [0.15, 0.2) is 0 Å². The zero-order chi connectivity index (χ0) is 14.2. The molecule has 0 aliphatic rings. The molecule has 0 aromatic heterocycles. The molecule has 0 amide bonds. The van der Waals surface area contributed by atoms with E-state index in [1.54, 1.807) is 0 Å². The molecule has 0 atom stereocenters. The second kappa shape index (κ2) is 7.92. The molecular formula is C16H16O2S2. The van der Waals surface area contributed by atoms with Gasteiger partial charge in [0.25, 0.3) is 0 Å². The van der Waals surface area contributed by atoms with Crippen molar-refractivity contribution in [3.8, 4) is 5.75 Å². The molecular weight excluding hydrogens is 288 g/mol. The first kappa shape index (κ1) is 14.9. The molecule has 2 nitrogen and oxygen atoms in total. The van der Waals surface area contributed by atoms with Crippen molar-refractivity contribution >= 4 is 28.4 Å². The zero-order valence-electron chi connectivity index (χ0n) is 11.2. The maximum atomic E-state index is 5.78. The average molecular weight is 304 g/mol. The molecule has 20 heavy (non-hydrogen) atoms. The molecule has 2 rings (SSSR count). The molecule has 0 fully saturated rings. The lowest BCUT2D eigenvalue weighted by atomic mass is 10.2. The summed E-state index contributed by atoms with van der Waals surface area (Å²) in [5.74, 6) is 0.832. The minimum absolute atomic E-state index is 0.535. The summed E-state index contributed by atoms with van der Waals surface area (Å²) in [4.78, 5) is 1.02. The van der Waals surface area contributed by atoms with Gasteiger partial charge in [-0.2, -0.15) is 0 Å². The lowest BCUT2D eigenvalue weighted by molar-refractivity contribution is 0.305. The van der Waals surface area contributed by atoms with E-state index < -0.39 is 0 Å². The lowest BCUT2D eigenvalue weighted by Crippen LogP contribution is -1.97. The Morgan fingerprint density at radius 1 is 1.10 bits per heavy atom. The Morgan fingerprint density at radius 2 is 1.90 bits per heavy atom. The molecule has 2 aromatic carbocycles. The van der Waals surface area contributed by atoms with Crippen LogP contribution in [-0.2, 0) is 11.3 Å². The first-order valence-electron chi connectivity index (χ1n) is 6.39. The molecule has 0 radical (unpaired) electrons. The Balaban J connectivity index is 1.94. The molecule has 0 aliphatic carbocycles. The molecule has 0 spiro atoms. The molecule has 0 unspecified atom stereocenters. The van der Waals surface area contributed by atoms with Crippen molar-refractivity contribution in [2.75, 3.05) is 6.61 Å². The number of hydrogen-bond acceptors (Lipinski definition) is 4. The van der Waals surface area contributed by atoms with E-state index >= 15 is 0 Å². The fourth-order valence-corrected chi connectivity index (χ4v) is 2.71. The van der Waals surface area contributed by atoms with Crippen LogP contribution < -0.4 is 4.74 Å². The van der Waals surface area contributed by atoms with Gasteiger partial charge in [-0.25, -0.2) is 0 Å². The second-order valence-electron chi connectivity index (χ2n) is 4.03. The monoisotopic (exact) mass is 304 g/mol. The fourth-order valence-electron chi connectivity index (χ4n) is 1.61. The van der Waals surface area contributed by atoms with Gasteiger partial charge in [0.05, 0.1) is 6.61 Å². The van der Waals surface area contributed by atoms with Crippen molar-refractivity contribution in [1.29, 1.82) is 0 Å². The summed E-state index contributed by atoms with van der Waals surface area (Å²) in [6.07, 6.45) is 0. The normalized spacial score (nSPS) is 10.1. The molecule has 0 N–H and O–H groups in total. The van der Waals surface area contributed by atoms with Gasteiger partial charge in [0.1, 0.15) is 12.4 Å². The molecule has 104 valence electrons. The number of benzene rings is 2. The maximum Gasteiger partial charge on any atom is 0.224 e. The van der Waals surface area contributed by atoms with Crippen molar-refractivity contribution < 1.29 is 9.47 Å². The number of thioether (sulfide) groups is 1. The smallest absolute Gasteiger partial charge is 0.224 e. The SMILES string of the molecule is CCOC(=S)Sc1cccc(OCc2ccccc2)c1. The third kappa shape index (κ3) is 4.87. The van der Waals surface area contributed by atoms with Gasteiger partial charge in [-0.3, -0.25) is 0 Å². The van der Waals surface area contributed by atoms with E-state index in [1.165, 1.54) is 11.8 Å². The summed E-state index contributed by atoms with van der Waals surface area (Å²) in [6.45, 7) is 3.08. The topological polar surface area (TPSA) is 18.5 Å². The van der Waals surface area contributed by atoms with Crippen LogP contribution in [0.2, 0.25) is 0 Å². The van der Waals surface area contributed by atoms with Gasteiger partial charge in [0, 0.05) is 4.90 Å². The standard InChI is InChI=1S/C16H16O2S2/c1-2-17-16(19)20-15-10-6-9-14(11-15)18-12-13-7-4-3-5-8-13/h3-11H,2,12H2,1H3. The Hall–Kier alpha value is -1.52. The minimum atomic E-state index is 0.535. The van der Waals surface area contributed by atoms with Crippen LogP contribution in [0.15, 0.2) is 59.5 Å². The van der Waals surface area contributed by atoms with Crippen LogP contribution in [0.1, 0.15) is 12.5 Å². The molecule has 0 heterocycles.